The predicted octanol–water partition coefficient (Wildman–Crippen LogP) is 5.63. The number of halogens is 1. The van der Waals surface area contributed by atoms with Gasteiger partial charge in [-0.1, -0.05) is 57.3 Å². The standard InChI is InChI=1S/C17H28ClNS/c1-4-11-19-15(12-14(5-2)6-3)13-20-17-10-8-7-9-16(17)18/h7-10,14-15,19H,4-6,11-13H2,1-3H3. The summed E-state index contributed by atoms with van der Waals surface area (Å²) in [6.07, 6.45) is 5.01. The molecule has 0 bridgehead atoms. The largest absolute Gasteiger partial charge is 0.313 e. The van der Waals surface area contributed by atoms with Crippen molar-refractivity contribution in [2.45, 2.75) is 57.4 Å². The Kier molecular flexibility index (Phi) is 9.41. The lowest BCUT2D eigenvalue weighted by molar-refractivity contribution is 0.384. The van der Waals surface area contributed by atoms with Gasteiger partial charge in [-0.25, -0.2) is 0 Å². The highest BCUT2D eigenvalue weighted by atomic mass is 35.5. The van der Waals surface area contributed by atoms with Gasteiger partial charge in [0.1, 0.15) is 0 Å². The zero-order valence-corrected chi connectivity index (χ0v) is 14.6. The van der Waals surface area contributed by atoms with E-state index in [9.17, 15) is 0 Å². The normalized spacial score (nSPS) is 12.8. The van der Waals surface area contributed by atoms with Crippen molar-refractivity contribution in [2.75, 3.05) is 12.3 Å². The first-order valence-electron chi connectivity index (χ1n) is 7.81. The van der Waals surface area contributed by atoms with Crippen LogP contribution in [0.2, 0.25) is 5.02 Å². The molecule has 1 unspecified atom stereocenters. The molecule has 1 N–H and O–H groups in total. The molecule has 1 atom stereocenters. The van der Waals surface area contributed by atoms with Crippen LogP contribution in [0, 0.1) is 5.92 Å². The van der Waals surface area contributed by atoms with Crippen molar-refractivity contribution < 1.29 is 0 Å². The van der Waals surface area contributed by atoms with E-state index in [0.717, 1.165) is 23.2 Å². The molecule has 1 nitrogen and oxygen atoms in total. The van der Waals surface area contributed by atoms with Crippen LogP contribution in [-0.2, 0) is 0 Å². The van der Waals surface area contributed by atoms with Gasteiger partial charge in [0.25, 0.3) is 0 Å². The van der Waals surface area contributed by atoms with Gasteiger partial charge in [0.15, 0.2) is 0 Å². The van der Waals surface area contributed by atoms with Gasteiger partial charge in [0.05, 0.1) is 5.02 Å². The lowest BCUT2D eigenvalue weighted by Gasteiger charge is -2.23. The van der Waals surface area contributed by atoms with E-state index < -0.39 is 0 Å². The van der Waals surface area contributed by atoms with Crippen molar-refractivity contribution in [3.05, 3.63) is 29.3 Å². The Labute approximate surface area is 133 Å². The summed E-state index contributed by atoms with van der Waals surface area (Å²) in [5, 5.41) is 4.56. The average molecular weight is 314 g/mol. The molecular weight excluding hydrogens is 286 g/mol. The van der Waals surface area contributed by atoms with Crippen LogP contribution in [0.15, 0.2) is 29.2 Å². The molecule has 0 aliphatic heterocycles. The molecule has 3 heteroatoms. The molecule has 1 aromatic rings. The van der Waals surface area contributed by atoms with Crippen LogP contribution in [0.5, 0.6) is 0 Å². The van der Waals surface area contributed by atoms with Crippen LogP contribution in [0.1, 0.15) is 46.5 Å². The van der Waals surface area contributed by atoms with E-state index in [1.807, 2.05) is 23.9 Å². The Morgan fingerprint density at radius 2 is 1.85 bits per heavy atom. The molecule has 0 aliphatic rings. The summed E-state index contributed by atoms with van der Waals surface area (Å²) in [6, 6.07) is 8.72. The highest BCUT2D eigenvalue weighted by molar-refractivity contribution is 7.99. The third-order valence-electron chi connectivity index (χ3n) is 3.73. The molecule has 0 fully saturated rings. The van der Waals surface area contributed by atoms with Crippen LogP contribution in [0.4, 0.5) is 0 Å². The Bertz CT molecular complexity index is 366. The van der Waals surface area contributed by atoms with Crippen molar-refractivity contribution in [3.8, 4) is 0 Å². The summed E-state index contributed by atoms with van der Waals surface area (Å²) in [5.41, 5.74) is 0. The van der Waals surface area contributed by atoms with Crippen LogP contribution in [-0.4, -0.2) is 18.3 Å². The molecule has 0 saturated carbocycles. The lowest BCUT2D eigenvalue weighted by Crippen LogP contribution is -2.33. The van der Waals surface area contributed by atoms with Gasteiger partial charge in [0, 0.05) is 16.7 Å². The fraction of sp³-hybridized carbons (Fsp3) is 0.647. The summed E-state index contributed by atoms with van der Waals surface area (Å²) in [6.45, 7) is 7.93. The molecule has 0 amide bonds. The minimum absolute atomic E-state index is 0.584. The van der Waals surface area contributed by atoms with Gasteiger partial charge in [0.2, 0.25) is 0 Å². The third kappa shape index (κ3) is 6.51. The third-order valence-corrected chi connectivity index (χ3v) is 5.41. The molecule has 1 aromatic carbocycles. The van der Waals surface area contributed by atoms with Gasteiger partial charge in [-0.15, -0.1) is 11.8 Å². The van der Waals surface area contributed by atoms with E-state index in [-0.39, 0.29) is 0 Å². The molecule has 0 aliphatic carbocycles. The summed E-state index contributed by atoms with van der Waals surface area (Å²) in [4.78, 5) is 1.20. The van der Waals surface area contributed by atoms with Crippen molar-refractivity contribution in [1.82, 2.24) is 5.32 Å². The SMILES string of the molecule is CCCNC(CSc1ccccc1Cl)CC(CC)CC. The molecule has 20 heavy (non-hydrogen) atoms. The highest BCUT2D eigenvalue weighted by Crippen LogP contribution is 2.28. The van der Waals surface area contributed by atoms with E-state index in [1.165, 1.54) is 30.6 Å². The molecular formula is C17H28ClNS. The second-order valence-electron chi connectivity index (χ2n) is 5.31. The molecule has 0 aromatic heterocycles. The quantitative estimate of drug-likeness (QED) is 0.562. The molecule has 0 spiro atoms. The minimum Gasteiger partial charge on any atom is -0.313 e. The Hall–Kier alpha value is -0.180. The van der Waals surface area contributed by atoms with E-state index in [2.05, 4.69) is 38.2 Å². The number of hydrogen-bond acceptors (Lipinski definition) is 2. The monoisotopic (exact) mass is 313 g/mol. The summed E-state index contributed by atoms with van der Waals surface area (Å²) in [7, 11) is 0. The first kappa shape index (κ1) is 17.9. The predicted molar refractivity (Wildman–Crippen MR) is 92.9 cm³/mol. The smallest absolute Gasteiger partial charge is 0.0541 e. The Balaban J connectivity index is 2.53. The summed E-state index contributed by atoms with van der Waals surface area (Å²) in [5.74, 6) is 1.93. The van der Waals surface area contributed by atoms with Crippen LogP contribution in [0.3, 0.4) is 0 Å². The second-order valence-corrected chi connectivity index (χ2v) is 6.78. The molecule has 114 valence electrons. The average Bonchev–Trinajstić information content (AvgIpc) is 2.48. The van der Waals surface area contributed by atoms with Crippen molar-refractivity contribution in [1.29, 1.82) is 0 Å². The fourth-order valence-corrected chi connectivity index (χ4v) is 3.65. The maximum absolute atomic E-state index is 6.23. The van der Waals surface area contributed by atoms with Gasteiger partial charge in [-0.2, -0.15) is 0 Å². The first-order chi connectivity index (χ1) is 9.71. The van der Waals surface area contributed by atoms with Gasteiger partial charge in [-0.3, -0.25) is 0 Å². The van der Waals surface area contributed by atoms with E-state index in [0.29, 0.717) is 6.04 Å². The Morgan fingerprint density at radius 3 is 2.45 bits per heavy atom. The van der Waals surface area contributed by atoms with E-state index >= 15 is 0 Å². The Morgan fingerprint density at radius 1 is 1.15 bits per heavy atom. The van der Waals surface area contributed by atoms with Crippen LogP contribution >= 0.6 is 23.4 Å². The number of thioether (sulfide) groups is 1. The van der Waals surface area contributed by atoms with Gasteiger partial charge < -0.3 is 5.32 Å². The number of rotatable bonds is 10. The molecule has 0 radical (unpaired) electrons. The van der Waals surface area contributed by atoms with E-state index in [1.54, 1.807) is 0 Å². The van der Waals surface area contributed by atoms with Crippen molar-refractivity contribution >= 4 is 23.4 Å². The summed E-state index contributed by atoms with van der Waals surface area (Å²) < 4.78 is 0. The van der Waals surface area contributed by atoms with Crippen LogP contribution < -0.4 is 5.32 Å². The second kappa shape index (κ2) is 10.5. The maximum atomic E-state index is 6.23. The van der Waals surface area contributed by atoms with Crippen LogP contribution in [0.25, 0.3) is 0 Å². The first-order valence-corrected chi connectivity index (χ1v) is 9.18. The molecule has 0 saturated heterocycles. The van der Waals surface area contributed by atoms with Crippen molar-refractivity contribution in [2.24, 2.45) is 5.92 Å². The molecule has 1 rings (SSSR count). The van der Waals surface area contributed by atoms with Gasteiger partial charge >= 0.3 is 0 Å². The highest BCUT2D eigenvalue weighted by Gasteiger charge is 2.14. The lowest BCUT2D eigenvalue weighted by atomic mass is 9.95. The minimum atomic E-state index is 0.584. The van der Waals surface area contributed by atoms with E-state index in [4.69, 9.17) is 11.6 Å². The number of benzene rings is 1. The van der Waals surface area contributed by atoms with Gasteiger partial charge in [-0.05, 0) is 37.4 Å². The maximum Gasteiger partial charge on any atom is 0.0541 e. The zero-order valence-electron chi connectivity index (χ0n) is 13.0. The van der Waals surface area contributed by atoms with Crippen molar-refractivity contribution in [3.63, 3.8) is 0 Å². The fourth-order valence-electron chi connectivity index (χ4n) is 2.34. The topological polar surface area (TPSA) is 12.0 Å². The number of hydrogen-bond donors (Lipinski definition) is 1. The zero-order chi connectivity index (χ0) is 14.8. The molecule has 0 heterocycles. The number of nitrogens with one attached hydrogen (secondary N) is 1. The summed E-state index contributed by atoms with van der Waals surface area (Å²) >= 11 is 8.11.